The number of aromatic amines is 1. The molecule has 0 spiro atoms. The molecule has 0 bridgehead atoms. The fourth-order valence-corrected chi connectivity index (χ4v) is 2.84. The molecule has 1 aromatic heterocycles. The molecule has 1 amide bonds. The number of piperazine rings is 1. The average Bonchev–Trinajstić information content (AvgIpc) is 2.63. The van der Waals surface area contributed by atoms with Crippen molar-refractivity contribution < 1.29 is 4.79 Å². The van der Waals surface area contributed by atoms with Crippen LogP contribution in [0.15, 0.2) is 47.4 Å². The molecule has 0 aliphatic carbocycles. The Morgan fingerprint density at radius 1 is 1.20 bits per heavy atom. The zero-order chi connectivity index (χ0) is 17.6. The molecular weight excluding hydrogens is 316 g/mol. The van der Waals surface area contributed by atoms with Crippen LogP contribution in [0.1, 0.15) is 21.7 Å². The Hall–Kier alpha value is -2.73. The number of aromatic nitrogens is 2. The van der Waals surface area contributed by atoms with Gasteiger partial charge in [0.05, 0.1) is 0 Å². The first-order valence-corrected chi connectivity index (χ1v) is 8.42. The first kappa shape index (κ1) is 17.1. The van der Waals surface area contributed by atoms with Gasteiger partial charge < -0.3 is 9.88 Å². The van der Waals surface area contributed by atoms with Crippen molar-refractivity contribution in [2.24, 2.45) is 0 Å². The minimum Gasteiger partial charge on any atom is -0.336 e. The molecule has 0 atom stereocenters. The zero-order valence-corrected chi connectivity index (χ0v) is 14.3. The molecule has 3 rings (SSSR count). The highest BCUT2D eigenvalue weighted by atomic mass is 16.2. The minimum absolute atomic E-state index is 0.114. The number of nitrogens with zero attached hydrogens (tertiary/aromatic N) is 3. The van der Waals surface area contributed by atoms with Crippen molar-refractivity contribution in [3.63, 3.8) is 0 Å². The van der Waals surface area contributed by atoms with Gasteiger partial charge in [0, 0.05) is 38.9 Å². The summed E-state index contributed by atoms with van der Waals surface area (Å²) in [5, 5.41) is 0. The van der Waals surface area contributed by atoms with Gasteiger partial charge in [-0.05, 0) is 12.5 Å². The van der Waals surface area contributed by atoms with Crippen LogP contribution < -0.4 is 5.56 Å². The van der Waals surface area contributed by atoms with E-state index in [0.717, 1.165) is 19.6 Å². The van der Waals surface area contributed by atoms with Gasteiger partial charge in [0.2, 0.25) is 0 Å². The summed E-state index contributed by atoms with van der Waals surface area (Å²) in [7, 11) is 0. The van der Waals surface area contributed by atoms with Crippen LogP contribution in [0.25, 0.3) is 6.08 Å². The van der Waals surface area contributed by atoms with E-state index < -0.39 is 0 Å². The van der Waals surface area contributed by atoms with Crippen LogP contribution in [0.5, 0.6) is 0 Å². The number of benzene rings is 1. The van der Waals surface area contributed by atoms with Crippen LogP contribution >= 0.6 is 0 Å². The molecule has 0 radical (unpaired) electrons. The van der Waals surface area contributed by atoms with Gasteiger partial charge in [0.1, 0.15) is 11.4 Å². The van der Waals surface area contributed by atoms with E-state index in [0.29, 0.717) is 18.9 Å². The summed E-state index contributed by atoms with van der Waals surface area (Å²) in [5.41, 5.74) is 0.927. The lowest BCUT2D eigenvalue weighted by atomic mass is 10.2. The van der Waals surface area contributed by atoms with Crippen LogP contribution in [0.2, 0.25) is 0 Å². The van der Waals surface area contributed by atoms with Crippen molar-refractivity contribution in [1.82, 2.24) is 19.8 Å². The second-order valence-corrected chi connectivity index (χ2v) is 6.12. The Kier molecular flexibility index (Phi) is 5.40. The second-order valence-electron chi connectivity index (χ2n) is 6.12. The first-order valence-electron chi connectivity index (χ1n) is 8.42. The van der Waals surface area contributed by atoms with E-state index in [9.17, 15) is 9.59 Å². The third-order valence-corrected chi connectivity index (χ3v) is 4.29. The van der Waals surface area contributed by atoms with Crippen molar-refractivity contribution in [3.05, 3.63) is 69.9 Å². The SMILES string of the molecule is Cc1ncc(C(=O)N2CCN(CC=Cc3ccccc3)CC2)c(=O)[nH]1. The van der Waals surface area contributed by atoms with Crippen molar-refractivity contribution in [1.29, 1.82) is 0 Å². The molecule has 25 heavy (non-hydrogen) atoms. The lowest BCUT2D eigenvalue weighted by molar-refractivity contribution is 0.0648. The summed E-state index contributed by atoms with van der Waals surface area (Å²) >= 11 is 0. The van der Waals surface area contributed by atoms with Gasteiger partial charge in [-0.15, -0.1) is 0 Å². The molecular formula is C19H22N4O2. The normalized spacial score (nSPS) is 15.6. The van der Waals surface area contributed by atoms with Gasteiger partial charge in [-0.2, -0.15) is 0 Å². The van der Waals surface area contributed by atoms with E-state index >= 15 is 0 Å². The minimum atomic E-state index is -0.370. The molecule has 1 N–H and O–H groups in total. The molecule has 1 fully saturated rings. The van der Waals surface area contributed by atoms with Gasteiger partial charge in [0.25, 0.3) is 11.5 Å². The summed E-state index contributed by atoms with van der Waals surface area (Å²) in [5.74, 6) is 0.268. The number of carbonyl (C=O) groups excluding carboxylic acids is 1. The molecule has 0 unspecified atom stereocenters. The third-order valence-electron chi connectivity index (χ3n) is 4.29. The zero-order valence-electron chi connectivity index (χ0n) is 14.3. The Bertz CT molecular complexity index is 806. The topological polar surface area (TPSA) is 69.3 Å². The molecule has 6 heteroatoms. The van der Waals surface area contributed by atoms with E-state index in [4.69, 9.17) is 0 Å². The Labute approximate surface area is 146 Å². The second kappa shape index (κ2) is 7.90. The highest BCUT2D eigenvalue weighted by molar-refractivity contribution is 5.93. The van der Waals surface area contributed by atoms with Crippen molar-refractivity contribution in [3.8, 4) is 0 Å². The first-order chi connectivity index (χ1) is 12.1. The van der Waals surface area contributed by atoms with Gasteiger partial charge in [0.15, 0.2) is 0 Å². The lowest BCUT2D eigenvalue weighted by Gasteiger charge is -2.34. The number of hydrogen-bond acceptors (Lipinski definition) is 4. The number of nitrogens with one attached hydrogen (secondary N) is 1. The van der Waals surface area contributed by atoms with Crippen molar-refractivity contribution >= 4 is 12.0 Å². The van der Waals surface area contributed by atoms with E-state index in [1.165, 1.54) is 11.8 Å². The maximum Gasteiger partial charge on any atom is 0.263 e. The third kappa shape index (κ3) is 4.42. The Morgan fingerprint density at radius 3 is 2.60 bits per heavy atom. The number of carbonyl (C=O) groups is 1. The van der Waals surface area contributed by atoms with E-state index in [-0.39, 0.29) is 17.0 Å². The molecule has 1 aliphatic heterocycles. The number of aryl methyl sites for hydroxylation is 1. The Morgan fingerprint density at radius 2 is 1.92 bits per heavy atom. The summed E-state index contributed by atoms with van der Waals surface area (Å²) in [6.45, 7) is 5.36. The molecule has 2 aromatic rings. The molecule has 1 aliphatic rings. The summed E-state index contributed by atoms with van der Waals surface area (Å²) in [6, 6.07) is 10.2. The van der Waals surface area contributed by atoms with Gasteiger partial charge in [-0.3, -0.25) is 14.5 Å². The van der Waals surface area contributed by atoms with Crippen molar-refractivity contribution in [2.75, 3.05) is 32.7 Å². The predicted molar refractivity (Wildman–Crippen MR) is 97.4 cm³/mol. The van der Waals surface area contributed by atoms with E-state index in [1.807, 2.05) is 18.2 Å². The number of rotatable bonds is 4. The van der Waals surface area contributed by atoms with Gasteiger partial charge in [-0.1, -0.05) is 42.5 Å². The predicted octanol–water partition coefficient (Wildman–Crippen LogP) is 1.55. The monoisotopic (exact) mass is 338 g/mol. The number of amides is 1. The lowest BCUT2D eigenvalue weighted by Crippen LogP contribution is -2.49. The molecule has 2 heterocycles. The fourth-order valence-electron chi connectivity index (χ4n) is 2.84. The van der Waals surface area contributed by atoms with E-state index in [2.05, 4.69) is 39.2 Å². The smallest absolute Gasteiger partial charge is 0.263 e. The van der Waals surface area contributed by atoms with Gasteiger partial charge >= 0.3 is 0 Å². The summed E-state index contributed by atoms with van der Waals surface area (Å²) in [4.78, 5) is 35.0. The highest BCUT2D eigenvalue weighted by Gasteiger charge is 2.23. The number of hydrogen-bond donors (Lipinski definition) is 1. The van der Waals surface area contributed by atoms with Crippen molar-refractivity contribution in [2.45, 2.75) is 6.92 Å². The molecule has 6 nitrogen and oxygen atoms in total. The van der Waals surface area contributed by atoms with E-state index in [1.54, 1.807) is 11.8 Å². The van der Waals surface area contributed by atoms with Crippen LogP contribution in [0.4, 0.5) is 0 Å². The highest BCUT2D eigenvalue weighted by Crippen LogP contribution is 2.07. The maximum atomic E-state index is 12.5. The summed E-state index contributed by atoms with van der Waals surface area (Å²) < 4.78 is 0. The van der Waals surface area contributed by atoms with Crippen LogP contribution in [0.3, 0.4) is 0 Å². The standard InChI is InChI=1S/C19H22N4O2/c1-15-20-14-17(18(24)21-15)19(25)23-12-10-22(11-13-23)9-5-8-16-6-3-2-4-7-16/h2-8,14H,9-13H2,1H3,(H,20,21,24). The molecule has 0 saturated carbocycles. The Balaban J connectivity index is 1.52. The molecule has 1 aromatic carbocycles. The maximum absolute atomic E-state index is 12.5. The fraction of sp³-hybridized carbons (Fsp3) is 0.316. The average molecular weight is 338 g/mol. The molecule has 1 saturated heterocycles. The van der Waals surface area contributed by atoms with Crippen LogP contribution in [-0.2, 0) is 0 Å². The summed E-state index contributed by atoms with van der Waals surface area (Å²) in [6.07, 6.45) is 5.61. The van der Waals surface area contributed by atoms with Crippen LogP contribution in [0, 0.1) is 6.92 Å². The largest absolute Gasteiger partial charge is 0.336 e. The van der Waals surface area contributed by atoms with Gasteiger partial charge in [-0.25, -0.2) is 4.98 Å². The quantitative estimate of drug-likeness (QED) is 0.918. The molecule has 130 valence electrons. The number of H-pyrrole nitrogens is 1. The van der Waals surface area contributed by atoms with Crippen LogP contribution in [-0.4, -0.2) is 58.4 Å².